The second kappa shape index (κ2) is 2.48. The Morgan fingerprint density at radius 1 is 1.50 bits per heavy atom. The molecule has 0 saturated carbocycles. The van der Waals surface area contributed by atoms with Gasteiger partial charge in [0.15, 0.2) is 0 Å². The molecule has 3 nitrogen and oxygen atoms in total. The third kappa shape index (κ3) is 1.19. The van der Waals surface area contributed by atoms with Crippen LogP contribution >= 0.6 is 8.81 Å². The highest BCUT2D eigenvalue weighted by atomic mass is 31.1. The summed E-state index contributed by atoms with van der Waals surface area (Å²) in [6.07, 6.45) is 0.958. The molecule has 1 heterocycles. The standard InChI is InChI=1S/C2H5O3P/c1-2-6-5-4-3-1/h6H,1-2H2. The zero-order valence-corrected chi connectivity index (χ0v) is 4.14. The zero-order valence-electron chi connectivity index (χ0n) is 3.14. The molecular weight excluding hydrogens is 103 g/mol. The first kappa shape index (κ1) is 4.47. The summed E-state index contributed by atoms with van der Waals surface area (Å²) < 4.78 is 4.38. The smallest absolute Gasteiger partial charge is 0.0913 e. The summed E-state index contributed by atoms with van der Waals surface area (Å²) in [5.41, 5.74) is 0. The highest BCUT2D eigenvalue weighted by Gasteiger charge is 1.96. The largest absolute Gasteiger partial charge is 0.205 e. The van der Waals surface area contributed by atoms with Gasteiger partial charge in [-0.1, -0.05) is 5.04 Å². The topological polar surface area (TPSA) is 27.7 Å². The van der Waals surface area contributed by atoms with Crippen LogP contribution < -0.4 is 0 Å². The Hall–Kier alpha value is 0.310. The van der Waals surface area contributed by atoms with Crippen LogP contribution in [0.5, 0.6) is 0 Å². The van der Waals surface area contributed by atoms with E-state index in [1.807, 2.05) is 0 Å². The molecule has 1 atom stereocenters. The molecule has 0 radical (unpaired) electrons. The minimum absolute atomic E-state index is 0.454. The maximum atomic E-state index is 4.38. The second-order valence-corrected chi connectivity index (χ2v) is 1.82. The van der Waals surface area contributed by atoms with E-state index in [0.717, 1.165) is 6.16 Å². The van der Waals surface area contributed by atoms with Crippen molar-refractivity contribution in [3.05, 3.63) is 0 Å². The Bertz CT molecular complexity index is 24.3. The fourth-order valence-corrected chi connectivity index (χ4v) is 0.553. The molecule has 0 aromatic heterocycles. The van der Waals surface area contributed by atoms with Crippen molar-refractivity contribution in [2.24, 2.45) is 0 Å². The van der Waals surface area contributed by atoms with Crippen molar-refractivity contribution < 1.29 is 14.6 Å². The Kier molecular flexibility index (Phi) is 1.85. The third-order valence-electron chi connectivity index (χ3n) is 0.429. The number of rotatable bonds is 0. The van der Waals surface area contributed by atoms with E-state index in [9.17, 15) is 0 Å². The highest BCUT2D eigenvalue weighted by Crippen LogP contribution is 2.15. The molecule has 1 unspecified atom stereocenters. The third-order valence-corrected chi connectivity index (χ3v) is 1.02. The van der Waals surface area contributed by atoms with Gasteiger partial charge in [0.05, 0.1) is 15.4 Å². The average molecular weight is 108 g/mol. The van der Waals surface area contributed by atoms with Crippen molar-refractivity contribution in [1.82, 2.24) is 0 Å². The summed E-state index contributed by atoms with van der Waals surface area (Å²) in [4.78, 5) is 4.35. The van der Waals surface area contributed by atoms with E-state index < -0.39 is 0 Å². The van der Waals surface area contributed by atoms with Gasteiger partial charge in [-0.3, -0.25) is 0 Å². The first-order chi connectivity index (χ1) is 3.00. The fourth-order valence-electron chi connectivity index (χ4n) is 0.207. The molecule has 1 saturated heterocycles. The van der Waals surface area contributed by atoms with Crippen molar-refractivity contribution in [2.45, 2.75) is 0 Å². The lowest BCUT2D eigenvalue weighted by Gasteiger charge is -2.06. The van der Waals surface area contributed by atoms with E-state index in [0.29, 0.717) is 15.4 Å². The van der Waals surface area contributed by atoms with Gasteiger partial charge in [-0.15, -0.1) is 0 Å². The van der Waals surface area contributed by atoms with E-state index in [2.05, 4.69) is 14.6 Å². The van der Waals surface area contributed by atoms with Gasteiger partial charge in [-0.05, 0) is 0 Å². The lowest BCUT2D eigenvalue weighted by molar-refractivity contribution is -0.468. The Morgan fingerprint density at radius 2 is 2.50 bits per heavy atom. The van der Waals surface area contributed by atoms with Gasteiger partial charge >= 0.3 is 0 Å². The van der Waals surface area contributed by atoms with Gasteiger partial charge in [0, 0.05) is 6.16 Å². The normalized spacial score (nSPS) is 28.0. The first-order valence-electron chi connectivity index (χ1n) is 1.68. The molecule has 6 heavy (non-hydrogen) atoms. The first-order valence-corrected chi connectivity index (χ1v) is 2.80. The van der Waals surface area contributed by atoms with Crippen LogP contribution in [0.3, 0.4) is 0 Å². The molecule has 4 heteroatoms. The SMILES string of the molecule is C1CPOOO1. The molecular formula is C2H5O3P. The lowest BCUT2D eigenvalue weighted by Crippen LogP contribution is -2.01. The molecule has 0 amide bonds. The Labute approximate surface area is 37.3 Å². The van der Waals surface area contributed by atoms with Crippen LogP contribution in [0, 0.1) is 0 Å². The fraction of sp³-hybridized carbons (Fsp3) is 1.00. The van der Waals surface area contributed by atoms with Crippen molar-refractivity contribution in [1.29, 1.82) is 0 Å². The van der Waals surface area contributed by atoms with Crippen LogP contribution in [0.1, 0.15) is 0 Å². The van der Waals surface area contributed by atoms with E-state index in [-0.39, 0.29) is 0 Å². The van der Waals surface area contributed by atoms with Crippen molar-refractivity contribution in [3.63, 3.8) is 0 Å². The van der Waals surface area contributed by atoms with Gasteiger partial charge in [0.2, 0.25) is 0 Å². The van der Waals surface area contributed by atoms with Crippen LogP contribution in [0.4, 0.5) is 0 Å². The van der Waals surface area contributed by atoms with Crippen molar-refractivity contribution in [3.8, 4) is 0 Å². The second-order valence-electron chi connectivity index (χ2n) is 0.868. The predicted molar refractivity (Wildman–Crippen MR) is 21.3 cm³/mol. The van der Waals surface area contributed by atoms with Crippen molar-refractivity contribution >= 4 is 8.81 Å². The monoisotopic (exact) mass is 108 g/mol. The minimum atomic E-state index is 0.454. The molecule has 0 aromatic rings. The van der Waals surface area contributed by atoms with Gasteiger partial charge in [-0.2, -0.15) is 4.67 Å². The quantitative estimate of drug-likeness (QED) is 0.333. The summed E-state index contributed by atoms with van der Waals surface area (Å²) in [5.74, 6) is 0. The summed E-state index contributed by atoms with van der Waals surface area (Å²) in [6, 6.07) is 0. The summed E-state index contributed by atoms with van der Waals surface area (Å²) in [6.45, 7) is 0.665. The van der Waals surface area contributed by atoms with Crippen LogP contribution in [0.25, 0.3) is 0 Å². The van der Waals surface area contributed by atoms with Crippen LogP contribution in [0.2, 0.25) is 0 Å². The molecule has 1 fully saturated rings. The number of hydrogen-bond donors (Lipinski definition) is 0. The molecule has 1 aliphatic heterocycles. The lowest BCUT2D eigenvalue weighted by atomic mass is 10.9. The zero-order chi connectivity index (χ0) is 4.24. The Balaban J connectivity index is 2.00. The maximum absolute atomic E-state index is 4.38. The molecule has 36 valence electrons. The summed E-state index contributed by atoms with van der Waals surface area (Å²) >= 11 is 0. The molecule has 1 aliphatic rings. The van der Waals surface area contributed by atoms with Crippen LogP contribution in [-0.2, 0) is 14.6 Å². The molecule has 1 rings (SSSR count). The highest BCUT2D eigenvalue weighted by molar-refractivity contribution is 7.32. The summed E-state index contributed by atoms with van der Waals surface area (Å²) in [5, 5.41) is 4.08. The van der Waals surface area contributed by atoms with Gasteiger partial charge in [0.1, 0.15) is 0 Å². The van der Waals surface area contributed by atoms with Gasteiger partial charge in [0.25, 0.3) is 0 Å². The van der Waals surface area contributed by atoms with Crippen molar-refractivity contribution in [2.75, 3.05) is 12.8 Å². The van der Waals surface area contributed by atoms with Gasteiger partial charge < -0.3 is 0 Å². The van der Waals surface area contributed by atoms with Crippen LogP contribution in [-0.4, -0.2) is 12.8 Å². The molecule has 0 spiro atoms. The minimum Gasteiger partial charge on any atom is -0.205 e. The maximum Gasteiger partial charge on any atom is 0.0913 e. The molecule has 0 N–H and O–H groups in total. The average Bonchev–Trinajstić information content (AvgIpc) is 1.72. The van der Waals surface area contributed by atoms with Gasteiger partial charge in [-0.25, -0.2) is 4.89 Å². The van der Waals surface area contributed by atoms with E-state index in [4.69, 9.17) is 0 Å². The van der Waals surface area contributed by atoms with E-state index in [1.54, 1.807) is 0 Å². The molecule has 0 aromatic carbocycles. The van der Waals surface area contributed by atoms with E-state index >= 15 is 0 Å². The predicted octanol–water partition coefficient (Wildman–Crippen LogP) is 0.473. The number of hydrogen-bond acceptors (Lipinski definition) is 3. The van der Waals surface area contributed by atoms with Crippen LogP contribution in [0.15, 0.2) is 0 Å². The molecule has 0 aliphatic carbocycles. The summed E-state index contributed by atoms with van der Waals surface area (Å²) in [7, 11) is 0.454. The molecule has 0 bridgehead atoms. The Morgan fingerprint density at radius 3 is 2.67 bits per heavy atom. The van der Waals surface area contributed by atoms with E-state index in [1.165, 1.54) is 0 Å².